The van der Waals surface area contributed by atoms with Gasteiger partial charge in [0.15, 0.2) is 0 Å². The maximum Gasteiger partial charge on any atom is 0.243 e. The smallest absolute Gasteiger partial charge is 0.243 e. The molecule has 0 radical (unpaired) electrons. The van der Waals surface area contributed by atoms with Crippen molar-refractivity contribution >= 4 is 17.6 Å². The van der Waals surface area contributed by atoms with Gasteiger partial charge in [0.1, 0.15) is 12.4 Å². The van der Waals surface area contributed by atoms with Crippen LogP contribution in [-0.4, -0.2) is 53.3 Å². The van der Waals surface area contributed by atoms with Crippen molar-refractivity contribution in [1.29, 1.82) is 0 Å². The van der Waals surface area contributed by atoms with Crippen LogP contribution in [0.15, 0.2) is 18.2 Å². The number of nitrogens with zero attached hydrogens (tertiary/aromatic N) is 3. The summed E-state index contributed by atoms with van der Waals surface area (Å²) in [5, 5.41) is 3.21. The van der Waals surface area contributed by atoms with E-state index < -0.39 is 0 Å². The van der Waals surface area contributed by atoms with Gasteiger partial charge in [-0.15, -0.1) is 0 Å². The number of pyridine rings is 1. The molecule has 1 aliphatic rings. The van der Waals surface area contributed by atoms with Gasteiger partial charge in [0, 0.05) is 13.6 Å². The molecule has 0 aliphatic carbocycles. The van der Waals surface area contributed by atoms with Gasteiger partial charge < -0.3 is 15.1 Å². The number of aromatic nitrogens is 1. The second-order valence-electron chi connectivity index (χ2n) is 4.94. The normalized spacial score (nSPS) is 15.7. The quantitative estimate of drug-likeness (QED) is 0.860. The first-order valence-corrected chi connectivity index (χ1v) is 6.81. The van der Waals surface area contributed by atoms with Crippen LogP contribution in [0.2, 0.25) is 0 Å². The van der Waals surface area contributed by atoms with Crippen molar-refractivity contribution in [2.75, 3.05) is 32.0 Å². The van der Waals surface area contributed by atoms with Crippen LogP contribution in [0, 0.1) is 0 Å². The van der Waals surface area contributed by atoms with Crippen molar-refractivity contribution in [3.63, 3.8) is 0 Å². The number of amides is 2. The summed E-state index contributed by atoms with van der Waals surface area (Å²) in [6.07, 6.45) is 1.03. The minimum Gasteiger partial charge on any atom is -0.370 e. The standard InChI is InChI=1S/C14H20N4O2/c1-3-7-15-12-6-4-5-11(16-12)8-18-10-13(19)17(2)9-14(18)20/h4-6H,3,7-10H2,1-2H3,(H,15,16). The molecule has 2 rings (SSSR count). The molecule has 1 aromatic heterocycles. The number of carbonyl (C=O) groups excluding carboxylic acids is 2. The molecule has 6 heteroatoms. The number of likely N-dealkylation sites (N-methyl/N-ethyl adjacent to an activating group) is 1. The zero-order valence-corrected chi connectivity index (χ0v) is 11.9. The van der Waals surface area contributed by atoms with Crippen LogP contribution >= 0.6 is 0 Å². The Hall–Kier alpha value is -2.11. The van der Waals surface area contributed by atoms with Crippen LogP contribution in [0.25, 0.3) is 0 Å². The fraction of sp³-hybridized carbons (Fsp3) is 0.500. The van der Waals surface area contributed by atoms with Gasteiger partial charge in [-0.1, -0.05) is 13.0 Å². The zero-order chi connectivity index (χ0) is 14.5. The van der Waals surface area contributed by atoms with Crippen molar-refractivity contribution in [2.24, 2.45) is 0 Å². The van der Waals surface area contributed by atoms with Gasteiger partial charge in [0.2, 0.25) is 11.8 Å². The van der Waals surface area contributed by atoms with Gasteiger partial charge in [-0.25, -0.2) is 4.98 Å². The molecule has 1 saturated heterocycles. The first kappa shape index (κ1) is 14.3. The van der Waals surface area contributed by atoms with E-state index in [1.54, 1.807) is 11.9 Å². The highest BCUT2D eigenvalue weighted by Crippen LogP contribution is 2.10. The van der Waals surface area contributed by atoms with E-state index >= 15 is 0 Å². The van der Waals surface area contributed by atoms with E-state index in [9.17, 15) is 9.59 Å². The number of anilines is 1. The Kier molecular flexibility index (Phi) is 4.55. The summed E-state index contributed by atoms with van der Waals surface area (Å²) in [5.74, 6) is 0.725. The molecule has 0 saturated carbocycles. The van der Waals surface area contributed by atoms with Crippen molar-refractivity contribution in [1.82, 2.24) is 14.8 Å². The maximum absolute atomic E-state index is 11.9. The van der Waals surface area contributed by atoms with Crippen LogP contribution < -0.4 is 5.32 Å². The Balaban J connectivity index is 2.02. The first-order valence-electron chi connectivity index (χ1n) is 6.81. The number of rotatable bonds is 5. The van der Waals surface area contributed by atoms with Crippen LogP contribution in [0.1, 0.15) is 19.0 Å². The Bertz CT molecular complexity index is 504. The molecule has 108 valence electrons. The Morgan fingerprint density at radius 1 is 1.25 bits per heavy atom. The summed E-state index contributed by atoms with van der Waals surface area (Å²) in [6, 6.07) is 5.67. The lowest BCUT2D eigenvalue weighted by molar-refractivity contribution is -0.149. The van der Waals surface area contributed by atoms with Crippen molar-refractivity contribution in [2.45, 2.75) is 19.9 Å². The summed E-state index contributed by atoms with van der Waals surface area (Å²) in [7, 11) is 1.64. The lowest BCUT2D eigenvalue weighted by Gasteiger charge is -2.31. The molecule has 1 fully saturated rings. The van der Waals surface area contributed by atoms with E-state index in [4.69, 9.17) is 0 Å². The van der Waals surface area contributed by atoms with E-state index in [2.05, 4.69) is 17.2 Å². The maximum atomic E-state index is 11.9. The highest BCUT2D eigenvalue weighted by atomic mass is 16.2. The average molecular weight is 276 g/mol. The summed E-state index contributed by atoms with van der Waals surface area (Å²) in [6.45, 7) is 3.60. The van der Waals surface area contributed by atoms with E-state index in [0.29, 0.717) is 6.54 Å². The highest BCUT2D eigenvalue weighted by molar-refractivity contribution is 5.92. The fourth-order valence-electron chi connectivity index (χ4n) is 2.02. The van der Waals surface area contributed by atoms with Gasteiger partial charge in [-0.2, -0.15) is 0 Å². The summed E-state index contributed by atoms with van der Waals surface area (Å²) >= 11 is 0. The Morgan fingerprint density at radius 3 is 2.80 bits per heavy atom. The average Bonchev–Trinajstić information content (AvgIpc) is 2.43. The molecule has 0 aromatic carbocycles. The number of hydrogen-bond acceptors (Lipinski definition) is 4. The Labute approximate surface area is 118 Å². The van der Waals surface area contributed by atoms with Gasteiger partial charge >= 0.3 is 0 Å². The predicted molar refractivity (Wildman–Crippen MR) is 76.1 cm³/mol. The van der Waals surface area contributed by atoms with E-state index in [1.165, 1.54) is 4.90 Å². The van der Waals surface area contributed by atoms with Gasteiger partial charge in [-0.05, 0) is 18.6 Å². The third kappa shape index (κ3) is 3.46. The fourth-order valence-corrected chi connectivity index (χ4v) is 2.02. The molecule has 2 heterocycles. The lowest BCUT2D eigenvalue weighted by Crippen LogP contribution is -2.51. The summed E-state index contributed by atoms with van der Waals surface area (Å²) in [5.41, 5.74) is 0.789. The van der Waals surface area contributed by atoms with E-state index in [0.717, 1.165) is 24.5 Å². The molecule has 1 aliphatic heterocycles. The second-order valence-corrected chi connectivity index (χ2v) is 4.94. The topological polar surface area (TPSA) is 65.5 Å². The molecular weight excluding hydrogens is 256 g/mol. The zero-order valence-electron chi connectivity index (χ0n) is 11.9. The predicted octanol–water partition coefficient (Wildman–Crippen LogP) is 0.704. The number of piperazine rings is 1. The Morgan fingerprint density at radius 2 is 2.05 bits per heavy atom. The lowest BCUT2D eigenvalue weighted by atomic mass is 10.2. The molecule has 20 heavy (non-hydrogen) atoms. The van der Waals surface area contributed by atoms with Gasteiger partial charge in [0.25, 0.3) is 0 Å². The first-order chi connectivity index (χ1) is 9.60. The van der Waals surface area contributed by atoms with Crippen molar-refractivity contribution < 1.29 is 9.59 Å². The van der Waals surface area contributed by atoms with E-state index in [-0.39, 0.29) is 24.9 Å². The van der Waals surface area contributed by atoms with Crippen LogP contribution in [0.5, 0.6) is 0 Å². The molecule has 6 nitrogen and oxygen atoms in total. The summed E-state index contributed by atoms with van der Waals surface area (Å²) < 4.78 is 0. The van der Waals surface area contributed by atoms with Crippen LogP contribution in [0.4, 0.5) is 5.82 Å². The number of nitrogens with one attached hydrogen (secondary N) is 1. The molecule has 0 unspecified atom stereocenters. The highest BCUT2D eigenvalue weighted by Gasteiger charge is 2.27. The van der Waals surface area contributed by atoms with Gasteiger partial charge in [-0.3, -0.25) is 9.59 Å². The van der Waals surface area contributed by atoms with Gasteiger partial charge in [0.05, 0.1) is 18.8 Å². The molecule has 1 aromatic rings. The largest absolute Gasteiger partial charge is 0.370 e. The molecule has 2 amide bonds. The molecule has 0 bridgehead atoms. The second kappa shape index (κ2) is 6.36. The molecule has 1 N–H and O–H groups in total. The van der Waals surface area contributed by atoms with Crippen molar-refractivity contribution in [3.8, 4) is 0 Å². The minimum atomic E-state index is -0.0409. The van der Waals surface area contributed by atoms with E-state index in [1.807, 2.05) is 18.2 Å². The van der Waals surface area contributed by atoms with Crippen LogP contribution in [0.3, 0.4) is 0 Å². The third-order valence-corrected chi connectivity index (χ3v) is 3.19. The molecular formula is C14H20N4O2. The molecule has 0 atom stereocenters. The van der Waals surface area contributed by atoms with Crippen LogP contribution in [-0.2, 0) is 16.1 Å². The SMILES string of the molecule is CCCNc1cccc(CN2CC(=O)N(C)CC2=O)n1. The summed E-state index contributed by atoms with van der Waals surface area (Å²) in [4.78, 5) is 31.0. The minimum absolute atomic E-state index is 0.0372. The number of hydrogen-bond donors (Lipinski definition) is 1. The number of carbonyl (C=O) groups is 2. The van der Waals surface area contributed by atoms with Crippen molar-refractivity contribution in [3.05, 3.63) is 23.9 Å². The molecule has 0 spiro atoms. The monoisotopic (exact) mass is 276 g/mol. The third-order valence-electron chi connectivity index (χ3n) is 3.19.